The number of fused-ring (bicyclic) bond motifs is 1. The molecule has 36 heavy (non-hydrogen) atoms. The maximum Gasteiger partial charge on any atom is 0.235 e. The molecule has 1 atom stereocenters. The second-order valence-corrected chi connectivity index (χ2v) is 9.85. The first-order valence-corrected chi connectivity index (χ1v) is 12.5. The molecule has 2 heterocycles. The summed E-state index contributed by atoms with van der Waals surface area (Å²) in [7, 11) is 0. The summed E-state index contributed by atoms with van der Waals surface area (Å²) in [6.07, 6.45) is 0.896. The van der Waals surface area contributed by atoms with E-state index in [2.05, 4.69) is 5.32 Å². The van der Waals surface area contributed by atoms with Gasteiger partial charge in [-0.15, -0.1) is 0 Å². The van der Waals surface area contributed by atoms with E-state index in [-0.39, 0.29) is 12.7 Å². The van der Waals surface area contributed by atoms with E-state index < -0.39 is 11.6 Å². The van der Waals surface area contributed by atoms with Crippen LogP contribution < -0.4 is 14.8 Å². The summed E-state index contributed by atoms with van der Waals surface area (Å²) in [5.41, 5.74) is 3.61. The quantitative estimate of drug-likeness (QED) is 0.503. The Balaban J connectivity index is 1.19. The van der Waals surface area contributed by atoms with Crippen LogP contribution in [0.25, 0.3) is 11.1 Å². The predicted molar refractivity (Wildman–Crippen MR) is 136 cm³/mol. The number of hydrogen-bond donors (Lipinski definition) is 2. The zero-order valence-electron chi connectivity index (χ0n) is 19.7. The zero-order chi connectivity index (χ0) is 24.7. The maximum absolute atomic E-state index is 13.3. The fourth-order valence-corrected chi connectivity index (χ4v) is 5.14. The summed E-state index contributed by atoms with van der Waals surface area (Å²) >= 11 is 6.53. The van der Waals surface area contributed by atoms with Gasteiger partial charge in [0, 0.05) is 29.4 Å². The first kappa shape index (κ1) is 23.3. The second-order valence-electron chi connectivity index (χ2n) is 9.44. The molecule has 6 rings (SSSR count). The van der Waals surface area contributed by atoms with Crippen molar-refractivity contribution in [1.29, 1.82) is 0 Å². The van der Waals surface area contributed by atoms with Crippen molar-refractivity contribution in [2.45, 2.75) is 24.5 Å². The number of benzene rings is 3. The van der Waals surface area contributed by atoms with E-state index in [1.807, 2.05) is 59.5 Å². The molecule has 1 saturated heterocycles. The van der Waals surface area contributed by atoms with Crippen molar-refractivity contribution >= 4 is 23.2 Å². The van der Waals surface area contributed by atoms with Gasteiger partial charge in [0.2, 0.25) is 12.7 Å². The van der Waals surface area contributed by atoms with Gasteiger partial charge in [-0.05, 0) is 59.9 Å². The number of halogens is 1. The van der Waals surface area contributed by atoms with Crippen LogP contribution in [-0.4, -0.2) is 49.0 Å². The molecule has 3 aliphatic rings. The van der Waals surface area contributed by atoms with E-state index in [0.717, 1.165) is 35.1 Å². The summed E-state index contributed by atoms with van der Waals surface area (Å²) in [4.78, 5) is 15.3. The average molecular weight is 507 g/mol. The van der Waals surface area contributed by atoms with Gasteiger partial charge in [-0.2, -0.15) is 0 Å². The van der Waals surface area contributed by atoms with E-state index in [1.165, 1.54) is 0 Å². The Bertz CT molecular complexity index is 1290. The normalized spacial score (nSPS) is 19.1. The lowest BCUT2D eigenvalue weighted by molar-refractivity contribution is -0.118. The molecule has 2 N–H and O–H groups in total. The third-order valence-electron chi connectivity index (χ3n) is 7.25. The highest BCUT2D eigenvalue weighted by molar-refractivity contribution is 6.33. The van der Waals surface area contributed by atoms with Gasteiger partial charge >= 0.3 is 0 Å². The number of amides is 1. The van der Waals surface area contributed by atoms with Gasteiger partial charge < -0.3 is 24.6 Å². The lowest BCUT2D eigenvalue weighted by Crippen LogP contribution is -2.38. The average Bonchev–Trinajstić information content (AvgIpc) is 3.60. The fourth-order valence-electron chi connectivity index (χ4n) is 4.91. The molecule has 8 heteroatoms. The molecule has 2 fully saturated rings. The Morgan fingerprint density at radius 2 is 1.72 bits per heavy atom. The van der Waals surface area contributed by atoms with E-state index in [9.17, 15) is 9.90 Å². The van der Waals surface area contributed by atoms with Crippen LogP contribution in [0.2, 0.25) is 5.02 Å². The Kier molecular flexibility index (Phi) is 6.09. The highest BCUT2D eigenvalue weighted by atomic mass is 35.5. The number of ether oxygens (including phenoxy) is 3. The topological polar surface area (TPSA) is 80.3 Å². The number of carbonyl (C=O) groups is 1. The highest BCUT2D eigenvalue weighted by Gasteiger charge is 2.51. The molecule has 0 radical (unpaired) electrons. The summed E-state index contributed by atoms with van der Waals surface area (Å²) in [6.45, 7) is 2.85. The van der Waals surface area contributed by atoms with Gasteiger partial charge in [0.15, 0.2) is 11.5 Å². The van der Waals surface area contributed by atoms with Crippen molar-refractivity contribution < 1.29 is 24.1 Å². The number of aliphatic hydroxyl groups is 1. The number of hydrogen-bond acceptors (Lipinski definition) is 6. The molecule has 0 aromatic heterocycles. The molecule has 0 bridgehead atoms. The SMILES string of the molecule is O=C(Nc1ccc(Cl)c(-c2ccc(C(O)N3CCOCC3)cc2)c1)C1(c2ccc3c(c2)OCO3)CC1. The van der Waals surface area contributed by atoms with Crippen molar-refractivity contribution in [3.8, 4) is 22.6 Å². The molecule has 3 aromatic carbocycles. The van der Waals surface area contributed by atoms with Crippen LogP contribution in [-0.2, 0) is 14.9 Å². The Morgan fingerprint density at radius 1 is 0.972 bits per heavy atom. The van der Waals surface area contributed by atoms with Gasteiger partial charge in [-0.1, -0.05) is 41.9 Å². The summed E-state index contributed by atoms with van der Waals surface area (Å²) in [5.74, 6) is 1.35. The zero-order valence-corrected chi connectivity index (χ0v) is 20.5. The monoisotopic (exact) mass is 506 g/mol. The first-order valence-electron chi connectivity index (χ1n) is 12.1. The van der Waals surface area contributed by atoms with Crippen molar-refractivity contribution in [3.05, 3.63) is 76.8 Å². The lowest BCUT2D eigenvalue weighted by Gasteiger charge is -2.31. The number of nitrogens with one attached hydrogen (secondary N) is 1. The Hall–Kier alpha value is -3.10. The van der Waals surface area contributed by atoms with Crippen molar-refractivity contribution in [3.63, 3.8) is 0 Å². The minimum Gasteiger partial charge on any atom is -0.454 e. The van der Waals surface area contributed by atoms with Crippen LogP contribution in [0.1, 0.15) is 30.2 Å². The summed E-state index contributed by atoms with van der Waals surface area (Å²) < 4.78 is 16.3. The molecular formula is C28H27ClN2O5. The molecule has 3 aromatic rings. The molecule has 7 nitrogen and oxygen atoms in total. The van der Waals surface area contributed by atoms with Crippen LogP contribution in [0.3, 0.4) is 0 Å². The van der Waals surface area contributed by atoms with Gasteiger partial charge in [0.1, 0.15) is 6.23 Å². The first-order chi connectivity index (χ1) is 17.5. The van der Waals surface area contributed by atoms with Gasteiger partial charge in [0.05, 0.1) is 18.6 Å². The number of anilines is 1. The standard InChI is InChI=1S/C28H27ClN2O5/c29-23-7-6-21(30-27(33)28(9-10-28)20-5-8-24-25(15-20)36-17-35-24)16-22(23)18-1-3-19(4-2-18)26(32)31-11-13-34-14-12-31/h1-8,15-16,26,32H,9-14,17H2,(H,30,33). The largest absolute Gasteiger partial charge is 0.454 e. The minimum absolute atomic E-state index is 0.0429. The van der Waals surface area contributed by atoms with Crippen molar-refractivity contribution in [2.24, 2.45) is 0 Å². The molecule has 186 valence electrons. The van der Waals surface area contributed by atoms with Gasteiger partial charge in [-0.3, -0.25) is 9.69 Å². The van der Waals surface area contributed by atoms with Crippen LogP contribution in [0.5, 0.6) is 11.5 Å². The van der Waals surface area contributed by atoms with E-state index in [1.54, 1.807) is 6.07 Å². The second kappa shape index (κ2) is 9.41. The highest BCUT2D eigenvalue weighted by Crippen LogP contribution is 2.51. The number of aliphatic hydroxyl groups excluding tert-OH is 1. The number of morpholine rings is 1. The Labute approximate surface area is 214 Å². The van der Waals surface area contributed by atoms with Gasteiger partial charge in [-0.25, -0.2) is 0 Å². The summed E-state index contributed by atoms with van der Waals surface area (Å²) in [6, 6.07) is 18.9. The molecule has 1 unspecified atom stereocenters. The Morgan fingerprint density at radius 3 is 2.47 bits per heavy atom. The van der Waals surface area contributed by atoms with Crippen LogP contribution in [0.15, 0.2) is 60.7 Å². The smallest absolute Gasteiger partial charge is 0.235 e. The molecular weight excluding hydrogens is 480 g/mol. The van der Waals surface area contributed by atoms with Crippen molar-refractivity contribution in [2.75, 3.05) is 38.4 Å². The number of carbonyl (C=O) groups excluding carboxylic acids is 1. The molecule has 0 spiro atoms. The number of nitrogens with zero attached hydrogens (tertiary/aromatic N) is 1. The fraction of sp³-hybridized carbons (Fsp3) is 0.321. The third kappa shape index (κ3) is 4.33. The molecule has 1 aliphatic carbocycles. The molecule has 2 aliphatic heterocycles. The van der Waals surface area contributed by atoms with Crippen LogP contribution in [0, 0.1) is 0 Å². The van der Waals surface area contributed by atoms with Crippen LogP contribution in [0.4, 0.5) is 5.69 Å². The van der Waals surface area contributed by atoms with E-state index in [4.69, 9.17) is 25.8 Å². The maximum atomic E-state index is 13.3. The van der Waals surface area contributed by atoms with E-state index >= 15 is 0 Å². The van der Waals surface area contributed by atoms with Gasteiger partial charge in [0.25, 0.3) is 0 Å². The minimum atomic E-state index is -0.671. The number of rotatable bonds is 6. The predicted octanol–water partition coefficient (Wildman–Crippen LogP) is 4.73. The van der Waals surface area contributed by atoms with E-state index in [0.29, 0.717) is 48.5 Å². The molecule has 1 amide bonds. The van der Waals surface area contributed by atoms with Crippen LogP contribution >= 0.6 is 11.6 Å². The lowest BCUT2D eigenvalue weighted by atomic mass is 9.94. The summed E-state index contributed by atoms with van der Waals surface area (Å²) in [5, 5.41) is 14.4. The van der Waals surface area contributed by atoms with Crippen molar-refractivity contribution in [1.82, 2.24) is 4.90 Å². The third-order valence-corrected chi connectivity index (χ3v) is 7.57. The molecule has 1 saturated carbocycles.